The summed E-state index contributed by atoms with van der Waals surface area (Å²) in [6, 6.07) is 0. The molecule has 2 N–H and O–H groups in total. The largest absolute Gasteiger partial charge is 0.269 e. The van der Waals surface area contributed by atoms with Crippen LogP contribution in [-0.4, -0.2) is 17.6 Å². The highest BCUT2D eigenvalue weighted by atomic mass is 15.4. The Morgan fingerprint density at radius 1 is 1.60 bits per heavy atom. The molecule has 0 spiro atoms. The summed E-state index contributed by atoms with van der Waals surface area (Å²) in [4.78, 5) is 0. The molecular weight excluding hydrogens is 184 g/mol. The average Bonchev–Trinajstić information content (AvgIpc) is 2.17. The van der Waals surface area contributed by atoms with Crippen LogP contribution in [0.25, 0.3) is 0 Å². The fourth-order valence-corrected chi connectivity index (χ4v) is 2.53. The van der Waals surface area contributed by atoms with Gasteiger partial charge < -0.3 is 0 Å². The van der Waals surface area contributed by atoms with Crippen LogP contribution in [-0.2, 0) is 0 Å². The molecule has 0 bridgehead atoms. The molecule has 2 heteroatoms. The van der Waals surface area contributed by atoms with E-state index in [9.17, 15) is 0 Å². The van der Waals surface area contributed by atoms with Gasteiger partial charge in [0.25, 0.3) is 0 Å². The van der Waals surface area contributed by atoms with E-state index in [2.05, 4.69) is 32.6 Å². The zero-order valence-electron chi connectivity index (χ0n) is 10.3. The number of nitrogens with zero attached hydrogens (tertiary/aromatic N) is 1. The Balaban J connectivity index is 2.79. The van der Waals surface area contributed by atoms with Gasteiger partial charge in [-0.25, -0.2) is 5.01 Å². The Morgan fingerprint density at radius 2 is 2.27 bits per heavy atom. The van der Waals surface area contributed by atoms with E-state index >= 15 is 0 Å². The first-order valence-corrected chi connectivity index (χ1v) is 5.74. The third-order valence-corrected chi connectivity index (χ3v) is 3.61. The second kappa shape index (κ2) is 4.95. The van der Waals surface area contributed by atoms with Gasteiger partial charge in [0.05, 0.1) is 0 Å². The maximum Gasteiger partial charge on any atom is 0.0388 e. The summed E-state index contributed by atoms with van der Waals surface area (Å²) in [7, 11) is 1.97. The molecular formula is C13H24N2. The number of nitrogens with two attached hydrogens (primary N) is 1. The molecule has 1 aliphatic carbocycles. The maximum atomic E-state index is 6.02. The predicted octanol–water partition coefficient (Wildman–Crippen LogP) is 2.87. The summed E-state index contributed by atoms with van der Waals surface area (Å²) >= 11 is 0. The van der Waals surface area contributed by atoms with Crippen molar-refractivity contribution in [2.45, 2.75) is 45.1 Å². The smallest absolute Gasteiger partial charge is 0.0388 e. The number of hydrazine groups is 1. The van der Waals surface area contributed by atoms with Gasteiger partial charge in [-0.1, -0.05) is 17.7 Å². The van der Waals surface area contributed by atoms with Crippen molar-refractivity contribution in [3.63, 3.8) is 0 Å². The van der Waals surface area contributed by atoms with E-state index in [1.165, 1.54) is 18.4 Å². The molecule has 86 valence electrons. The molecule has 2 unspecified atom stereocenters. The molecule has 15 heavy (non-hydrogen) atoms. The molecule has 0 saturated heterocycles. The van der Waals surface area contributed by atoms with Crippen LogP contribution in [0, 0.1) is 5.92 Å². The van der Waals surface area contributed by atoms with E-state index < -0.39 is 0 Å². The quantitative estimate of drug-likeness (QED) is 0.437. The summed E-state index contributed by atoms with van der Waals surface area (Å²) in [5.74, 6) is 6.67. The highest BCUT2D eigenvalue weighted by molar-refractivity contribution is 5.06. The van der Waals surface area contributed by atoms with Gasteiger partial charge in [-0.2, -0.15) is 0 Å². The van der Waals surface area contributed by atoms with Gasteiger partial charge in [0.2, 0.25) is 0 Å². The zero-order chi connectivity index (χ0) is 11.5. The molecule has 0 saturated carbocycles. The number of hydrogen-bond acceptors (Lipinski definition) is 2. The third kappa shape index (κ3) is 2.93. The van der Waals surface area contributed by atoms with Crippen molar-refractivity contribution in [2.24, 2.45) is 11.8 Å². The lowest BCUT2D eigenvalue weighted by molar-refractivity contribution is 0.0652. The lowest BCUT2D eigenvalue weighted by Crippen LogP contribution is -2.53. The van der Waals surface area contributed by atoms with Gasteiger partial charge in [-0.3, -0.25) is 5.84 Å². The van der Waals surface area contributed by atoms with E-state index in [-0.39, 0.29) is 5.54 Å². The highest BCUT2D eigenvalue weighted by Crippen LogP contribution is 2.36. The molecule has 0 fully saturated rings. The molecule has 1 aliphatic rings. The van der Waals surface area contributed by atoms with E-state index in [4.69, 9.17) is 5.84 Å². The molecule has 0 aromatic carbocycles. The number of hydrogen-bond donors (Lipinski definition) is 1. The lowest BCUT2D eigenvalue weighted by Gasteiger charge is -2.43. The second-order valence-electron chi connectivity index (χ2n) is 5.08. The number of allylic oxidation sites excluding steroid dienone is 2. The molecule has 2 atom stereocenters. The minimum Gasteiger partial charge on any atom is -0.269 e. The zero-order valence-corrected chi connectivity index (χ0v) is 10.3. The second-order valence-corrected chi connectivity index (χ2v) is 5.08. The van der Waals surface area contributed by atoms with Crippen LogP contribution in [0.15, 0.2) is 24.3 Å². The monoisotopic (exact) mass is 208 g/mol. The van der Waals surface area contributed by atoms with Gasteiger partial charge in [0, 0.05) is 12.6 Å². The molecule has 1 rings (SSSR count). The van der Waals surface area contributed by atoms with Crippen molar-refractivity contribution >= 4 is 0 Å². The van der Waals surface area contributed by atoms with Gasteiger partial charge in [-0.05, 0) is 45.4 Å². The van der Waals surface area contributed by atoms with E-state index in [1.54, 1.807) is 0 Å². The van der Waals surface area contributed by atoms with Crippen LogP contribution >= 0.6 is 0 Å². The summed E-state index contributed by atoms with van der Waals surface area (Å²) < 4.78 is 0. The highest BCUT2D eigenvalue weighted by Gasteiger charge is 2.36. The Bertz CT molecular complexity index is 255. The standard InChI is InChI=1S/C13H24N2/c1-11(2)10-13(3,15(4)14)12-8-6-5-7-9-12/h5-6,12H,1,7-10,14H2,2-4H3. The Labute approximate surface area is 93.8 Å². The first-order valence-electron chi connectivity index (χ1n) is 5.74. The topological polar surface area (TPSA) is 29.3 Å². The van der Waals surface area contributed by atoms with Gasteiger partial charge in [-0.15, -0.1) is 6.58 Å². The van der Waals surface area contributed by atoms with Crippen molar-refractivity contribution in [2.75, 3.05) is 7.05 Å². The lowest BCUT2D eigenvalue weighted by atomic mass is 9.74. The van der Waals surface area contributed by atoms with Crippen molar-refractivity contribution < 1.29 is 0 Å². The van der Waals surface area contributed by atoms with E-state index in [0.717, 1.165) is 12.8 Å². The Hall–Kier alpha value is -0.600. The first kappa shape index (κ1) is 12.5. The molecule has 0 heterocycles. The Kier molecular flexibility index (Phi) is 4.12. The fourth-order valence-electron chi connectivity index (χ4n) is 2.53. The number of rotatable bonds is 4. The fraction of sp³-hybridized carbons (Fsp3) is 0.692. The van der Waals surface area contributed by atoms with Crippen molar-refractivity contribution in [3.8, 4) is 0 Å². The molecule has 2 nitrogen and oxygen atoms in total. The summed E-state index contributed by atoms with van der Waals surface area (Å²) in [5.41, 5.74) is 1.26. The van der Waals surface area contributed by atoms with Gasteiger partial charge in [0.15, 0.2) is 0 Å². The third-order valence-electron chi connectivity index (χ3n) is 3.61. The predicted molar refractivity (Wildman–Crippen MR) is 66.3 cm³/mol. The van der Waals surface area contributed by atoms with Crippen LogP contribution in [0.5, 0.6) is 0 Å². The summed E-state index contributed by atoms with van der Waals surface area (Å²) in [6.07, 6.45) is 9.11. The van der Waals surface area contributed by atoms with Crippen LogP contribution < -0.4 is 5.84 Å². The van der Waals surface area contributed by atoms with E-state index in [0.29, 0.717) is 5.92 Å². The van der Waals surface area contributed by atoms with Crippen molar-refractivity contribution in [3.05, 3.63) is 24.3 Å². The SMILES string of the molecule is C=C(C)CC(C)(C1CC=CCC1)N(C)N. The van der Waals surface area contributed by atoms with Gasteiger partial charge in [0.1, 0.15) is 0 Å². The van der Waals surface area contributed by atoms with Gasteiger partial charge >= 0.3 is 0 Å². The summed E-state index contributed by atoms with van der Waals surface area (Å²) in [6.45, 7) is 8.36. The molecule has 0 amide bonds. The first-order chi connectivity index (χ1) is 6.97. The normalized spacial score (nSPS) is 25.3. The maximum absolute atomic E-state index is 6.02. The van der Waals surface area contributed by atoms with Crippen molar-refractivity contribution in [1.29, 1.82) is 0 Å². The van der Waals surface area contributed by atoms with Crippen LogP contribution in [0.4, 0.5) is 0 Å². The Morgan fingerprint density at radius 3 is 2.67 bits per heavy atom. The minimum atomic E-state index is 0.0522. The molecule has 0 aromatic heterocycles. The summed E-state index contributed by atoms with van der Waals surface area (Å²) in [5, 5.41) is 1.88. The van der Waals surface area contributed by atoms with Crippen LogP contribution in [0.1, 0.15) is 39.5 Å². The molecule has 0 radical (unpaired) electrons. The van der Waals surface area contributed by atoms with Crippen LogP contribution in [0.3, 0.4) is 0 Å². The molecule has 0 aromatic rings. The van der Waals surface area contributed by atoms with Crippen molar-refractivity contribution in [1.82, 2.24) is 5.01 Å². The average molecular weight is 208 g/mol. The van der Waals surface area contributed by atoms with E-state index in [1.807, 2.05) is 12.1 Å². The molecule has 0 aliphatic heterocycles. The minimum absolute atomic E-state index is 0.0522. The van der Waals surface area contributed by atoms with Crippen LogP contribution in [0.2, 0.25) is 0 Å².